The molecule has 1 aliphatic rings. The van der Waals surface area contributed by atoms with Gasteiger partial charge in [-0.2, -0.15) is 4.31 Å². The summed E-state index contributed by atoms with van der Waals surface area (Å²) in [6.45, 7) is 3.69. The molecule has 1 amide bonds. The number of unbranched alkanes of at least 4 members (excludes halogenated alkanes) is 1. The van der Waals surface area contributed by atoms with E-state index in [1.54, 1.807) is 35.7 Å². The van der Waals surface area contributed by atoms with E-state index in [0.717, 1.165) is 24.0 Å². The van der Waals surface area contributed by atoms with E-state index in [-0.39, 0.29) is 17.3 Å². The smallest absolute Gasteiger partial charge is 0.251 e. The number of carbonyl (C=O) groups excluding carboxylic acids is 1. The van der Waals surface area contributed by atoms with Crippen molar-refractivity contribution in [3.8, 4) is 5.88 Å². The molecule has 0 radical (unpaired) electrons. The second kappa shape index (κ2) is 10.5. The number of thiophene rings is 1. The van der Waals surface area contributed by atoms with Crippen molar-refractivity contribution in [2.75, 3.05) is 13.2 Å². The fraction of sp³-hybridized carbons (Fsp3) is 0.333. The molecule has 0 unspecified atom stereocenters. The number of amides is 1. The Balaban J connectivity index is 1.44. The highest BCUT2D eigenvalue weighted by molar-refractivity contribution is 7.89. The Bertz CT molecular complexity index is 1220. The van der Waals surface area contributed by atoms with Crippen LogP contribution in [0.2, 0.25) is 0 Å². The maximum Gasteiger partial charge on any atom is 0.251 e. The first kappa shape index (κ1) is 23.4. The number of hydrogen-bond acceptors (Lipinski definition) is 6. The van der Waals surface area contributed by atoms with Crippen molar-refractivity contribution < 1.29 is 17.9 Å². The summed E-state index contributed by atoms with van der Waals surface area (Å²) in [5.41, 5.74) is 2.12. The molecule has 1 aromatic carbocycles. The Morgan fingerprint density at radius 3 is 2.97 bits per heavy atom. The lowest BCUT2D eigenvalue weighted by atomic mass is 10.1. The van der Waals surface area contributed by atoms with Gasteiger partial charge in [0.25, 0.3) is 5.91 Å². The summed E-state index contributed by atoms with van der Waals surface area (Å²) >= 11 is 1.66. The normalized spacial score (nSPS) is 14.0. The van der Waals surface area contributed by atoms with Gasteiger partial charge in [0.05, 0.1) is 11.5 Å². The quantitative estimate of drug-likeness (QED) is 0.463. The summed E-state index contributed by atoms with van der Waals surface area (Å²) in [6, 6.07) is 11.8. The van der Waals surface area contributed by atoms with Crippen LogP contribution in [0, 0.1) is 0 Å². The molecule has 0 aliphatic carbocycles. The third-order valence-corrected chi connectivity index (χ3v) is 8.40. The van der Waals surface area contributed by atoms with Crippen LogP contribution in [0.3, 0.4) is 0 Å². The van der Waals surface area contributed by atoms with Crippen LogP contribution in [0.15, 0.2) is 58.9 Å². The molecular formula is C24H27N3O4S2. The van der Waals surface area contributed by atoms with E-state index < -0.39 is 10.0 Å². The van der Waals surface area contributed by atoms with Crippen molar-refractivity contribution in [3.05, 3.63) is 75.6 Å². The van der Waals surface area contributed by atoms with Gasteiger partial charge in [-0.15, -0.1) is 11.3 Å². The lowest BCUT2D eigenvalue weighted by molar-refractivity contribution is 0.0950. The van der Waals surface area contributed by atoms with E-state index in [1.807, 2.05) is 17.5 Å². The van der Waals surface area contributed by atoms with Crippen molar-refractivity contribution in [2.24, 2.45) is 0 Å². The number of nitrogens with one attached hydrogen (secondary N) is 1. The van der Waals surface area contributed by atoms with E-state index >= 15 is 0 Å². The van der Waals surface area contributed by atoms with Gasteiger partial charge >= 0.3 is 0 Å². The van der Waals surface area contributed by atoms with Gasteiger partial charge in [-0.05, 0) is 54.1 Å². The largest absolute Gasteiger partial charge is 0.477 e. The summed E-state index contributed by atoms with van der Waals surface area (Å²) in [6.07, 6.45) is 4.30. The van der Waals surface area contributed by atoms with Crippen LogP contribution in [0.1, 0.15) is 46.1 Å². The van der Waals surface area contributed by atoms with E-state index in [9.17, 15) is 13.2 Å². The van der Waals surface area contributed by atoms with E-state index in [1.165, 1.54) is 21.3 Å². The van der Waals surface area contributed by atoms with Crippen LogP contribution < -0.4 is 10.1 Å². The Labute approximate surface area is 198 Å². The number of carbonyl (C=O) groups is 1. The number of rotatable bonds is 9. The standard InChI is InChI=1S/C24H27N3O4S2/c1-2-3-13-31-24-19(7-5-11-25-24)16-26-23(28)18-6-4-8-21(15-18)33(29,30)27-12-9-22-20(17-27)10-14-32-22/h4-8,10-11,14-15H,2-3,9,12-13,16-17H2,1H3,(H,26,28). The molecule has 0 fully saturated rings. The van der Waals surface area contributed by atoms with Crippen molar-refractivity contribution in [1.29, 1.82) is 0 Å². The Morgan fingerprint density at radius 1 is 1.24 bits per heavy atom. The summed E-state index contributed by atoms with van der Waals surface area (Å²) in [7, 11) is -3.70. The summed E-state index contributed by atoms with van der Waals surface area (Å²) in [5.74, 6) is 0.148. The summed E-state index contributed by atoms with van der Waals surface area (Å²) < 4.78 is 33.6. The lowest BCUT2D eigenvalue weighted by Crippen LogP contribution is -2.35. The topological polar surface area (TPSA) is 88.6 Å². The molecule has 9 heteroatoms. The number of benzene rings is 1. The predicted molar refractivity (Wildman–Crippen MR) is 128 cm³/mol. The average molecular weight is 486 g/mol. The number of ether oxygens (including phenoxy) is 1. The fourth-order valence-corrected chi connectivity index (χ4v) is 6.01. The maximum absolute atomic E-state index is 13.2. The molecule has 7 nitrogen and oxygen atoms in total. The molecule has 1 aliphatic heterocycles. The van der Waals surface area contributed by atoms with Gasteiger partial charge in [0, 0.05) is 41.8 Å². The first-order valence-electron chi connectivity index (χ1n) is 11.0. The van der Waals surface area contributed by atoms with E-state index in [0.29, 0.717) is 37.6 Å². The third-order valence-electron chi connectivity index (χ3n) is 5.53. The minimum absolute atomic E-state index is 0.124. The average Bonchev–Trinajstić information content (AvgIpc) is 3.31. The highest BCUT2D eigenvalue weighted by Gasteiger charge is 2.29. The van der Waals surface area contributed by atoms with Crippen LogP contribution in [0.25, 0.3) is 0 Å². The molecule has 0 atom stereocenters. The zero-order valence-corrected chi connectivity index (χ0v) is 20.1. The number of fused-ring (bicyclic) bond motifs is 1. The van der Waals surface area contributed by atoms with Gasteiger partial charge in [0.15, 0.2) is 0 Å². The van der Waals surface area contributed by atoms with E-state index in [4.69, 9.17) is 4.74 Å². The minimum Gasteiger partial charge on any atom is -0.477 e. The SMILES string of the molecule is CCCCOc1ncccc1CNC(=O)c1cccc(S(=O)(=O)N2CCc3sccc3C2)c1. The summed E-state index contributed by atoms with van der Waals surface area (Å²) in [5, 5.41) is 4.84. The number of sulfonamides is 1. The zero-order valence-electron chi connectivity index (χ0n) is 18.5. The Hall–Kier alpha value is -2.75. The predicted octanol–water partition coefficient (Wildman–Crippen LogP) is 4.00. The first-order valence-corrected chi connectivity index (χ1v) is 13.3. The summed E-state index contributed by atoms with van der Waals surface area (Å²) in [4.78, 5) is 18.4. The van der Waals surface area contributed by atoms with Gasteiger partial charge in [-0.25, -0.2) is 13.4 Å². The molecule has 4 rings (SSSR count). The van der Waals surface area contributed by atoms with Gasteiger partial charge in [-0.1, -0.05) is 25.5 Å². The van der Waals surface area contributed by atoms with Crippen LogP contribution >= 0.6 is 11.3 Å². The molecule has 3 heterocycles. The van der Waals surface area contributed by atoms with Crippen LogP contribution in [-0.2, 0) is 29.5 Å². The van der Waals surface area contributed by atoms with Crippen LogP contribution in [-0.4, -0.2) is 36.8 Å². The van der Waals surface area contributed by atoms with E-state index in [2.05, 4.69) is 17.2 Å². The van der Waals surface area contributed by atoms with Crippen molar-refractivity contribution >= 4 is 27.3 Å². The monoisotopic (exact) mass is 485 g/mol. The highest BCUT2D eigenvalue weighted by atomic mass is 32.2. The van der Waals surface area contributed by atoms with Gasteiger partial charge in [0.1, 0.15) is 0 Å². The molecule has 1 N–H and O–H groups in total. The zero-order chi connectivity index (χ0) is 23.3. The van der Waals surface area contributed by atoms with Crippen LogP contribution in [0.5, 0.6) is 5.88 Å². The number of hydrogen-bond donors (Lipinski definition) is 1. The highest BCUT2D eigenvalue weighted by Crippen LogP contribution is 2.28. The molecule has 174 valence electrons. The Kier molecular flexibility index (Phi) is 7.42. The number of pyridine rings is 1. The third kappa shape index (κ3) is 5.43. The molecular weight excluding hydrogens is 458 g/mol. The second-order valence-corrected chi connectivity index (χ2v) is 10.8. The van der Waals surface area contributed by atoms with Crippen LogP contribution in [0.4, 0.5) is 0 Å². The Morgan fingerprint density at radius 2 is 2.12 bits per heavy atom. The molecule has 0 spiro atoms. The molecule has 2 aromatic heterocycles. The maximum atomic E-state index is 13.2. The number of nitrogens with zero attached hydrogens (tertiary/aromatic N) is 2. The molecule has 3 aromatic rings. The van der Waals surface area contributed by atoms with Gasteiger partial charge < -0.3 is 10.1 Å². The van der Waals surface area contributed by atoms with Crippen molar-refractivity contribution in [2.45, 2.75) is 44.2 Å². The second-order valence-electron chi connectivity index (χ2n) is 7.84. The first-order chi connectivity index (χ1) is 16.0. The molecule has 0 saturated heterocycles. The molecule has 0 bridgehead atoms. The van der Waals surface area contributed by atoms with Crippen molar-refractivity contribution in [3.63, 3.8) is 0 Å². The molecule has 33 heavy (non-hydrogen) atoms. The fourth-order valence-electron chi connectivity index (χ4n) is 3.65. The van der Waals surface area contributed by atoms with Crippen molar-refractivity contribution in [1.82, 2.24) is 14.6 Å². The van der Waals surface area contributed by atoms with Gasteiger partial charge in [0.2, 0.25) is 15.9 Å². The minimum atomic E-state index is -3.70. The molecule has 0 saturated carbocycles. The number of aromatic nitrogens is 1. The van der Waals surface area contributed by atoms with Gasteiger partial charge in [-0.3, -0.25) is 4.79 Å². The lowest BCUT2D eigenvalue weighted by Gasteiger charge is -2.26.